The van der Waals surface area contributed by atoms with Crippen molar-refractivity contribution in [2.24, 2.45) is 0 Å². The van der Waals surface area contributed by atoms with E-state index >= 15 is 0 Å². The number of aryl methyl sites for hydroxylation is 2. The van der Waals surface area contributed by atoms with Crippen LogP contribution >= 0.6 is 0 Å². The fourth-order valence-corrected chi connectivity index (χ4v) is 2.49. The summed E-state index contributed by atoms with van der Waals surface area (Å²) in [5.74, 6) is 0.896. The van der Waals surface area contributed by atoms with Crippen LogP contribution in [0.25, 0.3) is 0 Å². The summed E-state index contributed by atoms with van der Waals surface area (Å²) >= 11 is 0. The van der Waals surface area contributed by atoms with E-state index in [1.165, 1.54) is 22.3 Å². The topological polar surface area (TPSA) is 21.3 Å². The van der Waals surface area contributed by atoms with Crippen molar-refractivity contribution in [1.82, 2.24) is 5.32 Å². The molecule has 2 aromatic rings. The second-order valence-electron chi connectivity index (χ2n) is 5.73. The molecule has 0 heterocycles. The van der Waals surface area contributed by atoms with Crippen LogP contribution in [-0.2, 0) is 0 Å². The second-order valence-corrected chi connectivity index (χ2v) is 5.73. The van der Waals surface area contributed by atoms with Gasteiger partial charge in [0.1, 0.15) is 5.75 Å². The summed E-state index contributed by atoms with van der Waals surface area (Å²) in [4.78, 5) is 0. The Balaban J connectivity index is 2.06. The van der Waals surface area contributed by atoms with Gasteiger partial charge in [-0.3, -0.25) is 0 Å². The van der Waals surface area contributed by atoms with Crippen LogP contribution in [0.5, 0.6) is 5.75 Å². The highest BCUT2D eigenvalue weighted by Crippen LogP contribution is 2.22. The van der Waals surface area contributed by atoms with Crippen molar-refractivity contribution < 1.29 is 4.74 Å². The first-order valence-corrected chi connectivity index (χ1v) is 7.48. The summed E-state index contributed by atoms with van der Waals surface area (Å²) in [6.45, 7) is 8.72. The Kier molecular flexibility index (Phi) is 5.03. The highest BCUT2D eigenvalue weighted by Gasteiger charge is 2.11. The molecule has 2 aromatic carbocycles. The van der Waals surface area contributed by atoms with Crippen molar-refractivity contribution in [3.8, 4) is 5.75 Å². The Hall–Kier alpha value is -1.80. The number of nitrogens with one attached hydrogen (secondary N) is 1. The number of benzene rings is 2. The van der Waals surface area contributed by atoms with Gasteiger partial charge in [0.15, 0.2) is 0 Å². The number of ether oxygens (including phenoxy) is 1. The third kappa shape index (κ3) is 3.85. The lowest BCUT2D eigenvalue weighted by molar-refractivity contribution is 0.414. The Morgan fingerprint density at radius 3 is 1.95 bits per heavy atom. The Labute approximate surface area is 128 Å². The van der Waals surface area contributed by atoms with Gasteiger partial charge in [0, 0.05) is 12.1 Å². The van der Waals surface area contributed by atoms with Crippen molar-refractivity contribution in [3.05, 3.63) is 64.7 Å². The van der Waals surface area contributed by atoms with Gasteiger partial charge in [0.25, 0.3) is 0 Å². The lowest BCUT2D eigenvalue weighted by atomic mass is 10.0. The predicted molar refractivity (Wildman–Crippen MR) is 88.9 cm³/mol. The fourth-order valence-electron chi connectivity index (χ4n) is 2.49. The maximum absolute atomic E-state index is 5.20. The minimum Gasteiger partial charge on any atom is -0.497 e. The van der Waals surface area contributed by atoms with Gasteiger partial charge in [-0.25, -0.2) is 0 Å². The summed E-state index contributed by atoms with van der Waals surface area (Å²) in [5.41, 5.74) is 5.29. The molecule has 2 heteroatoms. The number of rotatable bonds is 5. The molecule has 0 aliphatic rings. The maximum Gasteiger partial charge on any atom is 0.118 e. The first-order valence-electron chi connectivity index (χ1n) is 7.48. The zero-order valence-corrected chi connectivity index (χ0v) is 13.6. The van der Waals surface area contributed by atoms with E-state index in [0.717, 1.165) is 5.75 Å². The standard InChI is InChI=1S/C19H25NO/c1-13-6-7-18(12-14(13)2)16(4)20-15(3)17-8-10-19(21-5)11-9-17/h6-12,15-16,20H,1-5H3. The Morgan fingerprint density at radius 1 is 0.810 bits per heavy atom. The summed E-state index contributed by atoms with van der Waals surface area (Å²) < 4.78 is 5.20. The van der Waals surface area contributed by atoms with Gasteiger partial charge in [0.05, 0.1) is 7.11 Å². The van der Waals surface area contributed by atoms with Crippen molar-refractivity contribution in [3.63, 3.8) is 0 Å². The van der Waals surface area contributed by atoms with E-state index in [0.29, 0.717) is 12.1 Å². The number of hydrogen-bond donors (Lipinski definition) is 1. The zero-order valence-electron chi connectivity index (χ0n) is 13.6. The molecule has 21 heavy (non-hydrogen) atoms. The van der Waals surface area contributed by atoms with E-state index in [1.54, 1.807) is 7.11 Å². The molecule has 0 aliphatic carbocycles. The summed E-state index contributed by atoms with van der Waals surface area (Å²) in [6.07, 6.45) is 0. The number of methoxy groups -OCH3 is 1. The molecule has 2 rings (SSSR count). The molecule has 0 bridgehead atoms. The molecule has 0 aliphatic heterocycles. The molecule has 0 fully saturated rings. The normalized spacial score (nSPS) is 13.8. The minimum absolute atomic E-state index is 0.299. The van der Waals surface area contributed by atoms with Gasteiger partial charge in [-0.15, -0.1) is 0 Å². The van der Waals surface area contributed by atoms with Crippen LogP contribution in [0.3, 0.4) is 0 Å². The quantitative estimate of drug-likeness (QED) is 0.857. The van der Waals surface area contributed by atoms with Crippen LogP contribution in [0.1, 0.15) is 48.2 Å². The third-order valence-corrected chi connectivity index (χ3v) is 4.15. The minimum atomic E-state index is 0.299. The van der Waals surface area contributed by atoms with Gasteiger partial charge in [0.2, 0.25) is 0 Å². The van der Waals surface area contributed by atoms with Crippen LogP contribution in [0.4, 0.5) is 0 Å². The van der Waals surface area contributed by atoms with Gasteiger partial charge in [-0.1, -0.05) is 30.3 Å². The molecule has 2 nitrogen and oxygen atoms in total. The first-order chi connectivity index (χ1) is 10.0. The molecule has 112 valence electrons. The monoisotopic (exact) mass is 283 g/mol. The van der Waals surface area contributed by atoms with Crippen molar-refractivity contribution in [2.45, 2.75) is 39.8 Å². The second kappa shape index (κ2) is 6.77. The highest BCUT2D eigenvalue weighted by atomic mass is 16.5. The lowest BCUT2D eigenvalue weighted by Gasteiger charge is -2.21. The first kappa shape index (κ1) is 15.6. The van der Waals surface area contributed by atoms with E-state index in [1.807, 2.05) is 12.1 Å². The summed E-state index contributed by atoms with van der Waals surface area (Å²) in [6, 6.07) is 15.5. The van der Waals surface area contributed by atoms with Crippen LogP contribution < -0.4 is 10.1 Å². The Morgan fingerprint density at radius 2 is 1.38 bits per heavy atom. The summed E-state index contributed by atoms with van der Waals surface area (Å²) in [7, 11) is 1.69. The zero-order chi connectivity index (χ0) is 15.4. The highest BCUT2D eigenvalue weighted by molar-refractivity contribution is 5.32. The van der Waals surface area contributed by atoms with Crippen LogP contribution in [0.15, 0.2) is 42.5 Å². The smallest absolute Gasteiger partial charge is 0.118 e. The summed E-state index contributed by atoms with van der Waals surface area (Å²) in [5, 5.41) is 3.66. The SMILES string of the molecule is COc1ccc(C(C)NC(C)c2ccc(C)c(C)c2)cc1. The largest absolute Gasteiger partial charge is 0.497 e. The van der Waals surface area contributed by atoms with Crippen molar-refractivity contribution in [1.29, 1.82) is 0 Å². The van der Waals surface area contributed by atoms with E-state index in [9.17, 15) is 0 Å². The van der Waals surface area contributed by atoms with Crippen LogP contribution in [-0.4, -0.2) is 7.11 Å². The molecule has 0 saturated carbocycles. The van der Waals surface area contributed by atoms with E-state index < -0.39 is 0 Å². The van der Waals surface area contributed by atoms with Gasteiger partial charge in [-0.2, -0.15) is 0 Å². The molecule has 0 radical (unpaired) electrons. The van der Waals surface area contributed by atoms with Gasteiger partial charge in [-0.05, 0) is 62.1 Å². The van der Waals surface area contributed by atoms with Crippen molar-refractivity contribution in [2.75, 3.05) is 7.11 Å². The molecule has 0 aromatic heterocycles. The average Bonchev–Trinajstić information content (AvgIpc) is 2.50. The number of hydrogen-bond acceptors (Lipinski definition) is 2. The van der Waals surface area contributed by atoms with E-state index in [-0.39, 0.29) is 0 Å². The maximum atomic E-state index is 5.20. The molecule has 2 unspecified atom stereocenters. The van der Waals surface area contributed by atoms with Crippen LogP contribution in [0.2, 0.25) is 0 Å². The van der Waals surface area contributed by atoms with Gasteiger partial charge < -0.3 is 10.1 Å². The molecular formula is C19H25NO. The molecular weight excluding hydrogens is 258 g/mol. The molecule has 0 spiro atoms. The molecule has 0 saturated heterocycles. The Bertz CT molecular complexity index is 589. The predicted octanol–water partition coefficient (Wildman–Crippen LogP) is 4.72. The van der Waals surface area contributed by atoms with Crippen molar-refractivity contribution >= 4 is 0 Å². The molecule has 0 amide bonds. The average molecular weight is 283 g/mol. The fraction of sp³-hybridized carbons (Fsp3) is 0.368. The molecule has 2 atom stereocenters. The van der Waals surface area contributed by atoms with E-state index in [2.05, 4.69) is 63.3 Å². The van der Waals surface area contributed by atoms with Crippen LogP contribution in [0, 0.1) is 13.8 Å². The molecule has 1 N–H and O–H groups in total. The third-order valence-electron chi connectivity index (χ3n) is 4.15. The van der Waals surface area contributed by atoms with Gasteiger partial charge >= 0.3 is 0 Å². The van der Waals surface area contributed by atoms with E-state index in [4.69, 9.17) is 4.74 Å². The lowest BCUT2D eigenvalue weighted by Crippen LogP contribution is -2.22.